The number of carbonyl (C=O) groups excluding carboxylic acids is 4. The molecule has 32 heavy (non-hydrogen) atoms. The second-order valence-corrected chi connectivity index (χ2v) is 9.02. The van der Waals surface area contributed by atoms with Gasteiger partial charge in [0.2, 0.25) is 12.0 Å². The van der Waals surface area contributed by atoms with E-state index in [4.69, 9.17) is 4.74 Å². The summed E-state index contributed by atoms with van der Waals surface area (Å²) >= 11 is 1.13. The number of thioether (sulfide) groups is 1. The van der Waals surface area contributed by atoms with Crippen LogP contribution in [0.25, 0.3) is 0 Å². The fourth-order valence-corrected chi connectivity index (χ4v) is 5.39. The third kappa shape index (κ3) is 4.04. The largest absolute Gasteiger partial charge is 0.508 e. The number of fused-ring (bicyclic) bond motifs is 1. The Bertz CT molecular complexity index is 936. The van der Waals surface area contributed by atoms with E-state index >= 15 is 0 Å². The van der Waals surface area contributed by atoms with Crippen molar-refractivity contribution in [1.29, 1.82) is 0 Å². The number of benzene rings is 1. The number of nitrogens with one attached hydrogen (secondary N) is 1. The van der Waals surface area contributed by atoms with Crippen LogP contribution in [0.3, 0.4) is 0 Å². The summed E-state index contributed by atoms with van der Waals surface area (Å²) in [6.07, 6.45) is -0.835. The average molecular weight is 464 g/mol. The average Bonchev–Trinajstić information content (AvgIpc) is 2.79. The van der Waals surface area contributed by atoms with Gasteiger partial charge in [0.05, 0.1) is 0 Å². The molecule has 2 amide bonds. The van der Waals surface area contributed by atoms with Gasteiger partial charge in [-0.3, -0.25) is 24.0 Å². The molecule has 5 atom stereocenters. The van der Waals surface area contributed by atoms with Crippen molar-refractivity contribution < 1.29 is 38.9 Å². The van der Waals surface area contributed by atoms with Crippen LogP contribution in [0.2, 0.25) is 0 Å². The molecule has 1 aromatic carbocycles. The minimum absolute atomic E-state index is 0.0153. The number of β-lactam (4-membered cyclic amide) rings is 1. The van der Waals surface area contributed by atoms with Crippen LogP contribution in [-0.2, 0) is 28.7 Å². The number of hydrogen-bond donors (Lipinski definition) is 3. The number of amides is 2. The lowest BCUT2D eigenvalue weighted by Gasteiger charge is -2.53. The second kappa shape index (κ2) is 9.19. The van der Waals surface area contributed by atoms with Gasteiger partial charge in [0.25, 0.3) is 12.4 Å². The van der Waals surface area contributed by atoms with E-state index < -0.39 is 52.4 Å². The Hall–Kier alpha value is -3.08. The number of phenolic OH excluding ortho intramolecular Hbond substituents is 1. The number of Topliss-reactive ketones (excluding diaryl/α,β-unsaturated/α-hetero) is 1. The van der Waals surface area contributed by atoms with Crippen molar-refractivity contribution in [2.24, 2.45) is 11.3 Å². The molecule has 3 N–H and O–H groups in total. The van der Waals surface area contributed by atoms with Crippen molar-refractivity contribution in [2.45, 2.75) is 37.8 Å². The molecular formula is C21H24N2O8S. The smallest absolute Gasteiger partial charge is 0.319 e. The number of aliphatic carboxylic acids is 1. The van der Waals surface area contributed by atoms with E-state index in [1.54, 1.807) is 13.8 Å². The number of aromatic hydroxyl groups is 1. The van der Waals surface area contributed by atoms with Crippen molar-refractivity contribution in [3.05, 3.63) is 29.8 Å². The molecule has 11 heteroatoms. The van der Waals surface area contributed by atoms with Gasteiger partial charge >= 0.3 is 5.97 Å². The van der Waals surface area contributed by atoms with Crippen molar-refractivity contribution in [3.8, 4) is 5.75 Å². The SMILES string of the molecule is CCC(C)C(=O)C1(C(=O)O)CS[C@@H]2C(NC(=O)C(OC=O)c3ccc(O)cc3)C(=O)N2C1. The summed E-state index contributed by atoms with van der Waals surface area (Å²) in [6.45, 7) is 3.33. The molecule has 0 aliphatic carbocycles. The molecule has 0 spiro atoms. The van der Waals surface area contributed by atoms with Crippen molar-refractivity contribution in [1.82, 2.24) is 10.2 Å². The third-order valence-electron chi connectivity index (χ3n) is 5.95. The predicted octanol–water partition coefficient (Wildman–Crippen LogP) is 0.692. The zero-order chi connectivity index (χ0) is 23.6. The fourth-order valence-electron chi connectivity index (χ4n) is 3.84. The fraction of sp³-hybridized carbons (Fsp3) is 0.476. The molecule has 10 nitrogen and oxygen atoms in total. The molecule has 3 rings (SSSR count). The van der Waals surface area contributed by atoms with Gasteiger partial charge in [-0.15, -0.1) is 11.8 Å². The van der Waals surface area contributed by atoms with Crippen molar-refractivity contribution in [2.75, 3.05) is 12.3 Å². The second-order valence-electron chi connectivity index (χ2n) is 7.92. The molecule has 1 aromatic rings. The summed E-state index contributed by atoms with van der Waals surface area (Å²) in [7, 11) is 0. The number of ketones is 1. The van der Waals surface area contributed by atoms with E-state index in [1.165, 1.54) is 29.2 Å². The molecule has 0 bridgehead atoms. The number of carboxylic acid groups (broad SMARTS) is 1. The number of phenols is 1. The molecule has 2 aliphatic heterocycles. The Morgan fingerprint density at radius 3 is 2.56 bits per heavy atom. The van der Waals surface area contributed by atoms with Crippen LogP contribution in [0.1, 0.15) is 31.9 Å². The van der Waals surface area contributed by atoms with Gasteiger partial charge in [-0.25, -0.2) is 0 Å². The first kappa shape index (κ1) is 23.6. The molecule has 0 aromatic heterocycles. The van der Waals surface area contributed by atoms with Crippen LogP contribution in [0.5, 0.6) is 5.75 Å². The molecule has 2 fully saturated rings. The van der Waals surface area contributed by atoms with Gasteiger partial charge in [-0.2, -0.15) is 0 Å². The molecule has 4 unspecified atom stereocenters. The van der Waals surface area contributed by atoms with Crippen molar-refractivity contribution >= 4 is 41.8 Å². The summed E-state index contributed by atoms with van der Waals surface area (Å²) in [6, 6.07) is 4.55. The lowest BCUT2D eigenvalue weighted by molar-refractivity contribution is -0.164. The van der Waals surface area contributed by atoms with E-state index in [2.05, 4.69) is 5.32 Å². The predicted molar refractivity (Wildman–Crippen MR) is 112 cm³/mol. The summed E-state index contributed by atoms with van der Waals surface area (Å²) in [5, 5.41) is 21.2. The molecule has 2 heterocycles. The maximum Gasteiger partial charge on any atom is 0.319 e. The maximum absolute atomic E-state index is 12.8. The van der Waals surface area contributed by atoms with Gasteiger partial charge in [0, 0.05) is 23.8 Å². The highest BCUT2D eigenvalue weighted by molar-refractivity contribution is 8.00. The number of hydrogen-bond acceptors (Lipinski definition) is 8. The molecule has 172 valence electrons. The van der Waals surface area contributed by atoms with Crippen LogP contribution in [0.15, 0.2) is 24.3 Å². The normalized spacial score (nSPS) is 26.2. The van der Waals surface area contributed by atoms with Gasteiger partial charge in [0.1, 0.15) is 17.2 Å². The summed E-state index contributed by atoms with van der Waals surface area (Å²) < 4.78 is 4.88. The monoisotopic (exact) mass is 464 g/mol. The maximum atomic E-state index is 12.8. The summed E-state index contributed by atoms with van der Waals surface area (Å²) in [5.41, 5.74) is -1.38. The van der Waals surface area contributed by atoms with Crippen LogP contribution < -0.4 is 5.32 Å². The van der Waals surface area contributed by atoms with Crippen LogP contribution in [0, 0.1) is 11.3 Å². The Kier molecular flexibility index (Phi) is 6.77. The minimum atomic E-state index is -1.68. The van der Waals surface area contributed by atoms with Crippen LogP contribution >= 0.6 is 11.8 Å². The molecule has 2 aliphatic rings. The van der Waals surface area contributed by atoms with Gasteiger partial charge in [-0.05, 0) is 18.6 Å². The van der Waals surface area contributed by atoms with Gasteiger partial charge < -0.3 is 25.2 Å². The number of nitrogens with zero attached hydrogens (tertiary/aromatic N) is 1. The highest BCUT2D eigenvalue weighted by atomic mass is 32.2. The lowest BCUT2D eigenvalue weighted by Crippen LogP contribution is -2.74. The Morgan fingerprint density at radius 2 is 2.00 bits per heavy atom. The first-order chi connectivity index (χ1) is 15.2. The quantitative estimate of drug-likeness (QED) is 0.272. The van der Waals surface area contributed by atoms with Crippen LogP contribution in [0.4, 0.5) is 0 Å². The molecule has 0 radical (unpaired) electrons. The zero-order valence-electron chi connectivity index (χ0n) is 17.5. The van der Waals surface area contributed by atoms with Gasteiger partial charge in [-0.1, -0.05) is 26.0 Å². The highest BCUT2D eigenvalue weighted by Crippen LogP contribution is 2.44. The van der Waals surface area contributed by atoms with E-state index in [0.717, 1.165) is 11.8 Å². The standard InChI is InChI=1S/C21H24N2O8S/c1-3-11(2)16(26)21(20(29)30)8-23-18(28)14(19(23)32-9-21)22-17(27)15(31-10-24)12-4-6-13(25)7-5-12/h4-7,10-11,14-15,19,25H,3,8-9H2,1-2H3,(H,22,27)(H,29,30)/t11?,14?,15?,19-,21?/m1/s1. The van der Waals surface area contributed by atoms with Crippen LogP contribution in [-0.4, -0.2) is 68.9 Å². The minimum Gasteiger partial charge on any atom is -0.508 e. The van der Waals surface area contributed by atoms with Crippen molar-refractivity contribution in [3.63, 3.8) is 0 Å². The van der Waals surface area contributed by atoms with E-state index in [-0.39, 0.29) is 24.5 Å². The Balaban J connectivity index is 1.73. The van der Waals surface area contributed by atoms with E-state index in [9.17, 15) is 34.2 Å². The Labute approximate surface area is 188 Å². The summed E-state index contributed by atoms with van der Waals surface area (Å²) in [4.78, 5) is 62.4. The van der Waals surface area contributed by atoms with E-state index in [0.29, 0.717) is 12.0 Å². The first-order valence-electron chi connectivity index (χ1n) is 10.0. The number of carboxylic acids is 1. The third-order valence-corrected chi connectivity index (χ3v) is 7.47. The number of ether oxygens (including phenoxy) is 1. The Morgan fingerprint density at radius 1 is 1.34 bits per heavy atom. The molecule has 2 saturated heterocycles. The topological polar surface area (TPSA) is 150 Å². The highest BCUT2D eigenvalue weighted by Gasteiger charge is 2.60. The van der Waals surface area contributed by atoms with Gasteiger partial charge in [0.15, 0.2) is 11.2 Å². The molecule has 0 saturated carbocycles. The first-order valence-corrected chi connectivity index (χ1v) is 11.1. The van der Waals surface area contributed by atoms with E-state index in [1.807, 2.05) is 0 Å². The molecular weight excluding hydrogens is 440 g/mol. The number of rotatable bonds is 9. The summed E-state index contributed by atoms with van der Waals surface area (Å²) in [5.74, 6) is -3.41. The zero-order valence-corrected chi connectivity index (χ0v) is 18.3. The number of carbonyl (C=O) groups is 5. The lowest BCUT2D eigenvalue weighted by atomic mass is 9.77.